The van der Waals surface area contributed by atoms with Gasteiger partial charge in [-0.25, -0.2) is 0 Å². The first kappa shape index (κ1) is 10.4. The molecule has 0 bridgehead atoms. The smallest absolute Gasteiger partial charge is 0.271 e. The molecule has 1 aromatic rings. The van der Waals surface area contributed by atoms with Crippen LogP contribution in [0.4, 0.5) is 11.4 Å². The number of fused-ring (bicyclic) bond motifs is 1. The number of nitro groups is 1. The lowest BCUT2D eigenvalue weighted by Crippen LogP contribution is -2.27. The second-order valence-corrected chi connectivity index (χ2v) is 3.64. The van der Waals surface area contributed by atoms with Gasteiger partial charge in [-0.1, -0.05) is 0 Å². The summed E-state index contributed by atoms with van der Waals surface area (Å²) < 4.78 is 0. The first-order valence-electron chi connectivity index (χ1n) is 4.87. The van der Waals surface area contributed by atoms with E-state index in [2.05, 4.69) is 5.32 Å². The molecule has 1 aliphatic heterocycles. The fraction of sp³-hybridized carbons (Fsp3) is 0.300. The van der Waals surface area contributed by atoms with Gasteiger partial charge in [0.2, 0.25) is 0 Å². The highest BCUT2D eigenvalue weighted by Crippen LogP contribution is 2.26. The minimum atomic E-state index is -0.461. The van der Waals surface area contributed by atoms with Crippen LogP contribution < -0.4 is 10.2 Å². The Morgan fingerprint density at radius 1 is 1.50 bits per heavy atom. The molecule has 0 unspecified atom stereocenters. The lowest BCUT2D eigenvalue weighted by atomic mass is 10.1. The molecule has 0 radical (unpaired) electrons. The van der Waals surface area contributed by atoms with E-state index >= 15 is 0 Å². The van der Waals surface area contributed by atoms with E-state index < -0.39 is 4.92 Å². The molecular weight excluding hydrogens is 210 g/mol. The van der Waals surface area contributed by atoms with Gasteiger partial charge < -0.3 is 10.2 Å². The molecule has 1 aromatic carbocycles. The highest BCUT2D eigenvalue weighted by atomic mass is 16.6. The summed E-state index contributed by atoms with van der Waals surface area (Å²) in [6, 6.07) is 4.27. The highest BCUT2D eigenvalue weighted by Gasteiger charge is 2.20. The Balaban J connectivity index is 2.54. The molecule has 0 fully saturated rings. The van der Waals surface area contributed by atoms with Crippen LogP contribution in [0.15, 0.2) is 18.2 Å². The Morgan fingerprint density at radius 2 is 2.25 bits per heavy atom. The molecular formula is C10H11N3O3. The van der Waals surface area contributed by atoms with Crippen molar-refractivity contribution in [3.8, 4) is 0 Å². The number of carbonyl (C=O) groups excluding carboxylic acids is 1. The third-order valence-corrected chi connectivity index (χ3v) is 2.58. The topological polar surface area (TPSA) is 75.5 Å². The van der Waals surface area contributed by atoms with Gasteiger partial charge in [0.15, 0.2) is 0 Å². The zero-order valence-corrected chi connectivity index (χ0v) is 8.77. The largest absolute Gasteiger partial charge is 0.372 e. The average molecular weight is 221 g/mol. The Morgan fingerprint density at radius 3 is 2.94 bits per heavy atom. The molecule has 16 heavy (non-hydrogen) atoms. The van der Waals surface area contributed by atoms with Crippen LogP contribution in [0.5, 0.6) is 0 Å². The van der Waals surface area contributed by atoms with Crippen molar-refractivity contribution in [2.24, 2.45) is 0 Å². The average Bonchev–Trinajstić information content (AvgIpc) is 2.40. The van der Waals surface area contributed by atoms with E-state index in [4.69, 9.17) is 0 Å². The maximum absolute atomic E-state index is 11.6. The molecule has 0 atom stereocenters. The van der Waals surface area contributed by atoms with Gasteiger partial charge in [-0.15, -0.1) is 0 Å². The van der Waals surface area contributed by atoms with Gasteiger partial charge in [-0.3, -0.25) is 14.9 Å². The molecule has 2 rings (SSSR count). The summed E-state index contributed by atoms with van der Waals surface area (Å²) in [5, 5.41) is 13.4. The number of anilines is 1. The number of nitro benzene ring substituents is 1. The number of non-ortho nitro benzene ring substituents is 1. The number of benzene rings is 1. The van der Waals surface area contributed by atoms with Crippen molar-refractivity contribution in [2.75, 3.05) is 25.0 Å². The predicted octanol–water partition coefficient (Wildman–Crippen LogP) is 0.774. The number of nitrogens with zero attached hydrogens (tertiary/aromatic N) is 2. The van der Waals surface area contributed by atoms with Gasteiger partial charge >= 0.3 is 0 Å². The lowest BCUT2D eigenvalue weighted by molar-refractivity contribution is -0.384. The third-order valence-electron chi connectivity index (χ3n) is 2.58. The van der Waals surface area contributed by atoms with Crippen LogP contribution in [-0.2, 0) is 0 Å². The van der Waals surface area contributed by atoms with Crippen LogP contribution in [0.3, 0.4) is 0 Å². The lowest BCUT2D eigenvalue weighted by Gasteiger charge is -2.17. The predicted molar refractivity (Wildman–Crippen MR) is 58.7 cm³/mol. The first-order valence-corrected chi connectivity index (χ1v) is 4.87. The van der Waals surface area contributed by atoms with Crippen LogP contribution in [0.25, 0.3) is 0 Å². The molecule has 0 spiro atoms. The maximum Gasteiger partial charge on any atom is 0.271 e. The second-order valence-electron chi connectivity index (χ2n) is 3.64. The summed E-state index contributed by atoms with van der Waals surface area (Å²) in [5.74, 6) is -0.186. The molecule has 1 amide bonds. The van der Waals surface area contributed by atoms with Crippen LogP contribution in [0, 0.1) is 10.1 Å². The van der Waals surface area contributed by atoms with Crippen LogP contribution in [-0.4, -0.2) is 31.0 Å². The van der Waals surface area contributed by atoms with Crippen molar-refractivity contribution in [3.63, 3.8) is 0 Å². The number of rotatable bonds is 1. The highest BCUT2D eigenvalue weighted by molar-refractivity contribution is 6.00. The van der Waals surface area contributed by atoms with E-state index in [1.807, 2.05) is 11.9 Å². The molecule has 6 heteroatoms. The van der Waals surface area contributed by atoms with Gasteiger partial charge in [0.05, 0.1) is 16.2 Å². The summed E-state index contributed by atoms with van der Waals surface area (Å²) in [7, 11) is 1.81. The number of likely N-dealkylation sites (N-methyl/N-ethyl adjacent to an activating group) is 1. The molecule has 6 nitrogen and oxygen atoms in total. The van der Waals surface area contributed by atoms with Crippen LogP contribution in [0.2, 0.25) is 0 Å². The van der Waals surface area contributed by atoms with Crippen molar-refractivity contribution in [2.45, 2.75) is 0 Å². The summed E-state index contributed by atoms with van der Waals surface area (Å²) >= 11 is 0. The van der Waals surface area contributed by atoms with Gasteiger partial charge in [-0.2, -0.15) is 0 Å². The van der Waals surface area contributed by atoms with Crippen molar-refractivity contribution in [3.05, 3.63) is 33.9 Å². The number of amides is 1. The molecule has 1 aliphatic rings. The zero-order valence-electron chi connectivity index (χ0n) is 8.77. The molecule has 84 valence electrons. The zero-order chi connectivity index (χ0) is 11.7. The number of hydrogen-bond acceptors (Lipinski definition) is 4. The first-order chi connectivity index (χ1) is 7.59. The number of carbonyl (C=O) groups is 1. The Bertz CT molecular complexity index is 459. The molecule has 0 saturated heterocycles. The summed E-state index contributed by atoms with van der Waals surface area (Å²) in [5.41, 5.74) is 1.08. The molecule has 0 aliphatic carbocycles. The Hall–Kier alpha value is -2.11. The fourth-order valence-corrected chi connectivity index (χ4v) is 1.69. The summed E-state index contributed by atoms with van der Waals surface area (Å²) in [6.45, 7) is 1.18. The Labute approximate surface area is 92.0 Å². The summed E-state index contributed by atoms with van der Waals surface area (Å²) in [4.78, 5) is 23.6. The van der Waals surface area contributed by atoms with E-state index in [-0.39, 0.29) is 11.6 Å². The molecule has 0 saturated carbocycles. The number of hydrogen-bond donors (Lipinski definition) is 1. The molecule has 0 aromatic heterocycles. The van der Waals surface area contributed by atoms with E-state index in [0.717, 1.165) is 0 Å². The van der Waals surface area contributed by atoms with Crippen molar-refractivity contribution < 1.29 is 9.72 Å². The van der Waals surface area contributed by atoms with Gasteiger partial charge in [0.25, 0.3) is 11.6 Å². The molecule has 1 heterocycles. The normalized spacial score (nSPS) is 15.1. The molecule has 1 N–H and O–H groups in total. The Kier molecular flexibility index (Phi) is 2.47. The van der Waals surface area contributed by atoms with E-state index in [0.29, 0.717) is 24.3 Å². The van der Waals surface area contributed by atoms with Crippen LogP contribution in [0.1, 0.15) is 10.4 Å². The quantitative estimate of drug-likeness (QED) is 0.561. The van der Waals surface area contributed by atoms with Crippen LogP contribution >= 0.6 is 0 Å². The standard InChI is InChI=1S/C10H11N3O3/c1-12-5-4-11-10(14)8-3-2-7(13(15)16)6-9(8)12/h2-3,6H,4-5H2,1H3,(H,11,14). The van der Waals surface area contributed by atoms with Crippen molar-refractivity contribution in [1.29, 1.82) is 0 Å². The second kappa shape index (κ2) is 3.80. The minimum Gasteiger partial charge on any atom is -0.372 e. The van der Waals surface area contributed by atoms with E-state index in [9.17, 15) is 14.9 Å². The van der Waals surface area contributed by atoms with Gasteiger partial charge in [-0.05, 0) is 6.07 Å². The van der Waals surface area contributed by atoms with Gasteiger partial charge in [0.1, 0.15) is 0 Å². The van der Waals surface area contributed by atoms with Gasteiger partial charge in [0, 0.05) is 32.3 Å². The van der Waals surface area contributed by atoms with E-state index in [1.54, 1.807) is 0 Å². The van der Waals surface area contributed by atoms with Crippen molar-refractivity contribution >= 4 is 17.3 Å². The number of nitrogens with one attached hydrogen (secondary N) is 1. The summed E-state index contributed by atoms with van der Waals surface area (Å²) in [6.07, 6.45) is 0. The maximum atomic E-state index is 11.6. The third kappa shape index (κ3) is 1.69. The van der Waals surface area contributed by atoms with E-state index in [1.165, 1.54) is 18.2 Å². The SMILES string of the molecule is CN1CCNC(=O)c2ccc([N+](=O)[O-])cc21. The van der Waals surface area contributed by atoms with Crippen molar-refractivity contribution in [1.82, 2.24) is 5.32 Å². The monoisotopic (exact) mass is 221 g/mol. The minimum absolute atomic E-state index is 0.000278. The fourth-order valence-electron chi connectivity index (χ4n) is 1.69.